The molecular weight excluding hydrogens is 342 g/mol. The SMILES string of the molecule is Cc1ccc([C@@]2(C)NC(=O)N(CC(=O)N3CCc4ccccc43)C2=O)cc1. The van der Waals surface area contributed by atoms with E-state index in [-0.39, 0.29) is 12.5 Å². The molecule has 1 atom stereocenters. The second-order valence-corrected chi connectivity index (χ2v) is 7.24. The molecular formula is C21H21N3O3. The van der Waals surface area contributed by atoms with Crippen LogP contribution in [0.4, 0.5) is 10.5 Å². The van der Waals surface area contributed by atoms with Crippen LogP contribution in [0.5, 0.6) is 0 Å². The maximum Gasteiger partial charge on any atom is 0.325 e. The van der Waals surface area contributed by atoms with E-state index >= 15 is 0 Å². The van der Waals surface area contributed by atoms with Crippen LogP contribution in [0.3, 0.4) is 0 Å². The highest BCUT2D eigenvalue weighted by molar-refractivity contribution is 6.10. The molecule has 138 valence electrons. The van der Waals surface area contributed by atoms with Crippen LogP contribution in [-0.4, -0.2) is 35.8 Å². The van der Waals surface area contributed by atoms with Crippen LogP contribution in [0.25, 0.3) is 0 Å². The zero-order chi connectivity index (χ0) is 19.2. The number of imide groups is 1. The van der Waals surface area contributed by atoms with Gasteiger partial charge in [0.1, 0.15) is 12.1 Å². The maximum absolute atomic E-state index is 13.0. The molecule has 0 aromatic heterocycles. The molecule has 6 nitrogen and oxygen atoms in total. The van der Waals surface area contributed by atoms with Crippen molar-refractivity contribution in [1.29, 1.82) is 0 Å². The van der Waals surface area contributed by atoms with Crippen LogP contribution in [0.2, 0.25) is 0 Å². The van der Waals surface area contributed by atoms with Crippen LogP contribution >= 0.6 is 0 Å². The number of amides is 4. The highest BCUT2D eigenvalue weighted by atomic mass is 16.2. The fourth-order valence-electron chi connectivity index (χ4n) is 3.74. The number of urea groups is 1. The predicted molar refractivity (Wildman–Crippen MR) is 101 cm³/mol. The summed E-state index contributed by atoms with van der Waals surface area (Å²) >= 11 is 0. The van der Waals surface area contributed by atoms with E-state index in [0.29, 0.717) is 12.1 Å². The van der Waals surface area contributed by atoms with E-state index in [4.69, 9.17) is 0 Å². The van der Waals surface area contributed by atoms with Gasteiger partial charge in [0, 0.05) is 12.2 Å². The second kappa shape index (κ2) is 6.23. The molecule has 0 spiro atoms. The summed E-state index contributed by atoms with van der Waals surface area (Å²) in [6, 6.07) is 14.6. The normalized spacial score (nSPS) is 21.4. The third-order valence-corrected chi connectivity index (χ3v) is 5.39. The van der Waals surface area contributed by atoms with Gasteiger partial charge < -0.3 is 10.2 Å². The zero-order valence-corrected chi connectivity index (χ0v) is 15.4. The van der Waals surface area contributed by atoms with E-state index in [1.54, 1.807) is 11.8 Å². The molecule has 2 aromatic carbocycles. The lowest BCUT2D eigenvalue weighted by molar-refractivity contribution is -0.134. The van der Waals surface area contributed by atoms with Gasteiger partial charge in [-0.1, -0.05) is 48.0 Å². The first-order chi connectivity index (χ1) is 12.9. The Morgan fingerprint density at radius 3 is 2.56 bits per heavy atom. The fraction of sp³-hybridized carbons (Fsp3) is 0.286. The van der Waals surface area contributed by atoms with Gasteiger partial charge in [0.05, 0.1) is 0 Å². The van der Waals surface area contributed by atoms with Crippen molar-refractivity contribution in [2.45, 2.75) is 25.8 Å². The summed E-state index contributed by atoms with van der Waals surface area (Å²) in [5, 5.41) is 2.75. The number of para-hydroxylation sites is 1. The number of carbonyl (C=O) groups is 3. The molecule has 1 saturated heterocycles. The van der Waals surface area contributed by atoms with Crippen LogP contribution in [0, 0.1) is 6.92 Å². The molecule has 1 fully saturated rings. The molecule has 2 heterocycles. The van der Waals surface area contributed by atoms with Gasteiger partial charge in [0.2, 0.25) is 5.91 Å². The van der Waals surface area contributed by atoms with E-state index < -0.39 is 17.5 Å². The van der Waals surface area contributed by atoms with Crippen molar-refractivity contribution < 1.29 is 14.4 Å². The van der Waals surface area contributed by atoms with Crippen molar-refractivity contribution in [3.8, 4) is 0 Å². The topological polar surface area (TPSA) is 69.7 Å². The Bertz CT molecular complexity index is 938. The molecule has 2 aliphatic heterocycles. The van der Waals surface area contributed by atoms with Crippen LogP contribution in [-0.2, 0) is 21.5 Å². The number of hydrogen-bond acceptors (Lipinski definition) is 3. The van der Waals surface area contributed by atoms with Gasteiger partial charge in [0.15, 0.2) is 0 Å². The molecule has 0 saturated carbocycles. The number of carbonyl (C=O) groups excluding carboxylic acids is 3. The molecule has 0 radical (unpaired) electrons. The van der Waals surface area contributed by atoms with Crippen molar-refractivity contribution in [2.24, 2.45) is 0 Å². The van der Waals surface area contributed by atoms with Gasteiger partial charge in [-0.2, -0.15) is 0 Å². The smallest absolute Gasteiger partial charge is 0.319 e. The summed E-state index contributed by atoms with van der Waals surface area (Å²) in [6.45, 7) is 3.94. The van der Waals surface area contributed by atoms with Crippen molar-refractivity contribution in [3.05, 3.63) is 65.2 Å². The molecule has 6 heteroatoms. The highest BCUT2D eigenvalue weighted by Crippen LogP contribution is 2.31. The molecule has 2 aromatic rings. The largest absolute Gasteiger partial charge is 0.325 e. The summed E-state index contributed by atoms with van der Waals surface area (Å²) in [5.41, 5.74) is 2.57. The monoisotopic (exact) mass is 363 g/mol. The number of nitrogens with one attached hydrogen (secondary N) is 1. The maximum atomic E-state index is 13.0. The lowest BCUT2D eigenvalue weighted by atomic mass is 9.91. The molecule has 2 aliphatic rings. The average molecular weight is 363 g/mol. The average Bonchev–Trinajstić information content (AvgIpc) is 3.18. The summed E-state index contributed by atoms with van der Waals surface area (Å²) < 4.78 is 0. The second-order valence-electron chi connectivity index (χ2n) is 7.24. The van der Waals surface area contributed by atoms with Crippen molar-refractivity contribution in [1.82, 2.24) is 10.2 Å². The molecule has 4 amide bonds. The lowest BCUT2D eigenvalue weighted by Crippen LogP contribution is -2.44. The third kappa shape index (κ3) is 2.77. The molecule has 4 rings (SSSR count). The van der Waals surface area contributed by atoms with Gasteiger partial charge in [-0.3, -0.25) is 14.5 Å². The van der Waals surface area contributed by atoms with Gasteiger partial charge in [-0.05, 0) is 37.5 Å². The van der Waals surface area contributed by atoms with Crippen LogP contribution in [0.15, 0.2) is 48.5 Å². The Morgan fingerprint density at radius 1 is 1.11 bits per heavy atom. The number of benzene rings is 2. The van der Waals surface area contributed by atoms with Gasteiger partial charge in [-0.25, -0.2) is 4.79 Å². The zero-order valence-electron chi connectivity index (χ0n) is 15.4. The first kappa shape index (κ1) is 17.3. The molecule has 27 heavy (non-hydrogen) atoms. The van der Waals surface area contributed by atoms with E-state index in [1.165, 1.54) is 0 Å². The van der Waals surface area contributed by atoms with Crippen LogP contribution in [0.1, 0.15) is 23.6 Å². The molecule has 0 bridgehead atoms. The first-order valence-electron chi connectivity index (χ1n) is 9.00. The van der Waals surface area contributed by atoms with Gasteiger partial charge in [0.25, 0.3) is 5.91 Å². The lowest BCUT2D eigenvalue weighted by Gasteiger charge is -2.23. The van der Waals surface area contributed by atoms with E-state index in [1.807, 2.05) is 55.5 Å². The summed E-state index contributed by atoms with van der Waals surface area (Å²) in [5.74, 6) is -0.659. The minimum Gasteiger partial charge on any atom is -0.319 e. The van der Waals surface area contributed by atoms with E-state index in [2.05, 4.69) is 5.32 Å². The number of fused-ring (bicyclic) bond motifs is 1. The Morgan fingerprint density at radius 2 is 1.81 bits per heavy atom. The minimum absolute atomic E-state index is 0.253. The molecule has 0 aliphatic carbocycles. The highest BCUT2D eigenvalue weighted by Gasteiger charge is 2.49. The minimum atomic E-state index is -1.16. The van der Waals surface area contributed by atoms with Gasteiger partial charge in [-0.15, -0.1) is 0 Å². The first-order valence-corrected chi connectivity index (χ1v) is 9.00. The number of nitrogens with zero attached hydrogens (tertiary/aromatic N) is 2. The standard InChI is InChI=1S/C21H21N3O3/c1-14-7-9-16(10-8-14)21(2)19(26)24(20(27)22-21)13-18(25)23-12-11-15-5-3-4-6-17(15)23/h3-10H,11-13H2,1-2H3,(H,22,27)/t21-/m1/s1. The number of aryl methyl sites for hydroxylation is 1. The summed E-state index contributed by atoms with van der Waals surface area (Å²) in [6.07, 6.45) is 0.781. The number of rotatable bonds is 3. The fourth-order valence-corrected chi connectivity index (χ4v) is 3.74. The van der Waals surface area contributed by atoms with Crippen molar-refractivity contribution >= 4 is 23.5 Å². The third-order valence-electron chi connectivity index (χ3n) is 5.39. The van der Waals surface area contributed by atoms with Crippen molar-refractivity contribution in [3.63, 3.8) is 0 Å². The predicted octanol–water partition coefficient (Wildman–Crippen LogP) is 2.35. The molecule has 1 N–H and O–H groups in total. The quantitative estimate of drug-likeness (QED) is 0.851. The van der Waals surface area contributed by atoms with Gasteiger partial charge >= 0.3 is 6.03 Å². The Kier molecular flexibility index (Phi) is 3.98. The Balaban J connectivity index is 1.55. The number of anilines is 1. The summed E-state index contributed by atoms with van der Waals surface area (Å²) in [4.78, 5) is 40.9. The molecule has 0 unspecified atom stereocenters. The van der Waals surface area contributed by atoms with Crippen LogP contribution < -0.4 is 10.2 Å². The van der Waals surface area contributed by atoms with E-state index in [9.17, 15) is 14.4 Å². The van der Waals surface area contributed by atoms with Crippen molar-refractivity contribution in [2.75, 3.05) is 18.0 Å². The Hall–Kier alpha value is -3.15. The summed E-state index contributed by atoms with van der Waals surface area (Å²) in [7, 11) is 0. The number of hydrogen-bond donors (Lipinski definition) is 1. The van der Waals surface area contributed by atoms with E-state index in [0.717, 1.165) is 28.1 Å². The Labute approximate surface area is 157 Å².